The van der Waals surface area contributed by atoms with Crippen molar-refractivity contribution < 1.29 is 4.79 Å². The van der Waals surface area contributed by atoms with Crippen molar-refractivity contribution in [3.8, 4) is 0 Å². The molecule has 0 aromatic heterocycles. The molecule has 0 radical (unpaired) electrons. The molecule has 3 nitrogen and oxygen atoms in total. The number of unbranched alkanes of at least 4 members (excludes halogenated alkanes) is 1. The zero-order valence-electron chi connectivity index (χ0n) is 9.70. The van der Waals surface area contributed by atoms with Crippen LogP contribution in [-0.4, -0.2) is 30.4 Å². The topological polar surface area (TPSA) is 32.3 Å². The molecule has 0 spiro atoms. The number of hydrogen-bond acceptors (Lipinski definition) is 2. The number of para-hydroxylation sites is 1. The van der Waals surface area contributed by atoms with Gasteiger partial charge in [0.25, 0.3) is 5.91 Å². The predicted octanol–water partition coefficient (Wildman–Crippen LogP) is 2.35. The van der Waals surface area contributed by atoms with Crippen LogP contribution in [0.5, 0.6) is 0 Å². The van der Waals surface area contributed by atoms with Crippen molar-refractivity contribution in [2.45, 2.75) is 19.8 Å². The molecule has 16 heavy (non-hydrogen) atoms. The molecule has 0 bridgehead atoms. The van der Waals surface area contributed by atoms with Crippen LogP contribution in [0.2, 0.25) is 0 Å². The molecule has 0 saturated heterocycles. The maximum Gasteiger partial charge on any atom is 0.256 e. The zero-order valence-corrected chi connectivity index (χ0v) is 9.70. The number of nitrogens with one attached hydrogen (secondary N) is 1. The van der Waals surface area contributed by atoms with E-state index >= 15 is 0 Å². The number of amides is 1. The van der Waals surface area contributed by atoms with Crippen LogP contribution in [0.15, 0.2) is 24.3 Å². The van der Waals surface area contributed by atoms with Crippen LogP contribution >= 0.6 is 0 Å². The number of nitrogens with zero attached hydrogens (tertiary/aromatic N) is 1. The first-order valence-electron chi connectivity index (χ1n) is 5.95. The van der Waals surface area contributed by atoms with Crippen molar-refractivity contribution in [1.29, 1.82) is 0 Å². The van der Waals surface area contributed by atoms with Crippen LogP contribution in [0.4, 0.5) is 5.69 Å². The minimum atomic E-state index is 0.161. The molecule has 1 aromatic carbocycles. The Morgan fingerprint density at radius 1 is 1.38 bits per heavy atom. The molecule has 0 saturated carbocycles. The Kier molecular flexibility index (Phi) is 3.44. The highest BCUT2D eigenvalue weighted by atomic mass is 16.2. The molecule has 1 heterocycles. The number of hydrogen-bond donors (Lipinski definition) is 1. The van der Waals surface area contributed by atoms with Crippen molar-refractivity contribution in [1.82, 2.24) is 4.90 Å². The number of fused-ring (bicyclic) bond motifs is 1. The van der Waals surface area contributed by atoms with Gasteiger partial charge in [0.15, 0.2) is 0 Å². The summed E-state index contributed by atoms with van der Waals surface area (Å²) in [4.78, 5) is 14.2. The quantitative estimate of drug-likeness (QED) is 0.844. The zero-order chi connectivity index (χ0) is 11.4. The van der Waals surface area contributed by atoms with Crippen LogP contribution in [0.1, 0.15) is 30.1 Å². The van der Waals surface area contributed by atoms with Crippen molar-refractivity contribution in [3.05, 3.63) is 29.8 Å². The van der Waals surface area contributed by atoms with E-state index in [9.17, 15) is 4.79 Å². The third kappa shape index (κ3) is 2.18. The van der Waals surface area contributed by atoms with Crippen molar-refractivity contribution >= 4 is 11.6 Å². The van der Waals surface area contributed by atoms with Gasteiger partial charge in [-0.05, 0) is 18.6 Å². The van der Waals surface area contributed by atoms with E-state index in [0.29, 0.717) is 0 Å². The summed E-state index contributed by atoms with van der Waals surface area (Å²) in [5.41, 5.74) is 1.77. The summed E-state index contributed by atoms with van der Waals surface area (Å²) in [6.45, 7) is 4.65. The predicted molar refractivity (Wildman–Crippen MR) is 65.7 cm³/mol. The molecule has 0 fully saturated rings. The molecule has 1 aliphatic rings. The normalized spacial score (nSPS) is 15.3. The second-order valence-corrected chi connectivity index (χ2v) is 4.12. The van der Waals surface area contributed by atoms with Gasteiger partial charge in [0.1, 0.15) is 0 Å². The number of anilines is 1. The highest BCUT2D eigenvalue weighted by molar-refractivity contribution is 6.00. The fraction of sp³-hybridized carbons (Fsp3) is 0.462. The molecular formula is C13H18N2O. The number of carbonyl (C=O) groups is 1. The Labute approximate surface area is 96.5 Å². The first-order valence-corrected chi connectivity index (χ1v) is 5.95. The average molecular weight is 218 g/mol. The van der Waals surface area contributed by atoms with Crippen LogP contribution < -0.4 is 5.32 Å². The molecule has 2 rings (SSSR count). The van der Waals surface area contributed by atoms with Gasteiger partial charge in [-0.25, -0.2) is 0 Å². The first kappa shape index (κ1) is 11.0. The lowest BCUT2D eigenvalue weighted by Gasteiger charge is -2.19. The van der Waals surface area contributed by atoms with Gasteiger partial charge in [0, 0.05) is 25.3 Å². The minimum absolute atomic E-state index is 0.161. The second kappa shape index (κ2) is 5.01. The van der Waals surface area contributed by atoms with Gasteiger partial charge < -0.3 is 10.2 Å². The fourth-order valence-electron chi connectivity index (χ4n) is 1.98. The molecule has 0 atom stereocenters. The highest BCUT2D eigenvalue weighted by Crippen LogP contribution is 2.19. The van der Waals surface area contributed by atoms with Crippen molar-refractivity contribution in [2.24, 2.45) is 0 Å². The molecule has 0 aliphatic carbocycles. The minimum Gasteiger partial charge on any atom is -0.383 e. The molecule has 1 N–H and O–H groups in total. The lowest BCUT2D eigenvalue weighted by molar-refractivity contribution is 0.0765. The van der Waals surface area contributed by atoms with Gasteiger partial charge in [-0.1, -0.05) is 25.5 Å². The summed E-state index contributed by atoms with van der Waals surface area (Å²) >= 11 is 0. The van der Waals surface area contributed by atoms with E-state index in [1.54, 1.807) is 0 Å². The van der Waals surface area contributed by atoms with Crippen LogP contribution in [0, 0.1) is 0 Å². The smallest absolute Gasteiger partial charge is 0.256 e. The lowest BCUT2D eigenvalue weighted by Crippen LogP contribution is -2.33. The van der Waals surface area contributed by atoms with E-state index < -0.39 is 0 Å². The van der Waals surface area contributed by atoms with E-state index in [1.807, 2.05) is 29.2 Å². The molecule has 3 heteroatoms. The Morgan fingerprint density at radius 2 is 2.19 bits per heavy atom. The van der Waals surface area contributed by atoms with Crippen LogP contribution in [0.3, 0.4) is 0 Å². The number of carbonyl (C=O) groups excluding carboxylic acids is 1. The molecule has 86 valence electrons. The summed E-state index contributed by atoms with van der Waals surface area (Å²) < 4.78 is 0. The fourth-order valence-corrected chi connectivity index (χ4v) is 1.98. The maximum atomic E-state index is 12.2. The first-order chi connectivity index (χ1) is 7.83. The van der Waals surface area contributed by atoms with Gasteiger partial charge in [-0.15, -0.1) is 0 Å². The summed E-state index contributed by atoms with van der Waals surface area (Å²) in [6.07, 6.45) is 2.20. The monoisotopic (exact) mass is 218 g/mol. The number of rotatable bonds is 3. The van der Waals surface area contributed by atoms with E-state index in [2.05, 4.69) is 12.2 Å². The van der Waals surface area contributed by atoms with Gasteiger partial charge in [-0.2, -0.15) is 0 Å². The van der Waals surface area contributed by atoms with Crippen LogP contribution in [0.25, 0.3) is 0 Å². The Bertz CT molecular complexity index is 374. The largest absolute Gasteiger partial charge is 0.383 e. The summed E-state index contributed by atoms with van der Waals surface area (Å²) in [5.74, 6) is 0.161. The highest BCUT2D eigenvalue weighted by Gasteiger charge is 2.20. The van der Waals surface area contributed by atoms with E-state index in [-0.39, 0.29) is 5.91 Å². The molecule has 0 unspecified atom stereocenters. The Balaban J connectivity index is 2.20. The third-order valence-corrected chi connectivity index (χ3v) is 2.92. The van der Waals surface area contributed by atoms with Crippen molar-refractivity contribution in [2.75, 3.05) is 25.0 Å². The molecule has 1 aliphatic heterocycles. The average Bonchev–Trinajstić information content (AvgIpc) is 2.47. The third-order valence-electron chi connectivity index (χ3n) is 2.92. The SMILES string of the molecule is CCCCN1CCNc2ccccc2C1=O. The number of benzene rings is 1. The molecular weight excluding hydrogens is 200 g/mol. The van der Waals surface area contributed by atoms with Crippen molar-refractivity contribution in [3.63, 3.8) is 0 Å². The van der Waals surface area contributed by atoms with Gasteiger partial charge in [0.05, 0.1) is 5.56 Å². The van der Waals surface area contributed by atoms with Gasteiger partial charge in [0.2, 0.25) is 0 Å². The summed E-state index contributed by atoms with van der Waals surface area (Å²) in [7, 11) is 0. The maximum absolute atomic E-state index is 12.2. The van der Waals surface area contributed by atoms with Gasteiger partial charge >= 0.3 is 0 Å². The second-order valence-electron chi connectivity index (χ2n) is 4.12. The van der Waals surface area contributed by atoms with Crippen LogP contribution in [-0.2, 0) is 0 Å². The Hall–Kier alpha value is -1.51. The standard InChI is InChI=1S/C13H18N2O/c1-2-3-9-15-10-8-14-12-7-5-4-6-11(12)13(15)16/h4-7,14H,2-3,8-10H2,1H3. The lowest BCUT2D eigenvalue weighted by atomic mass is 10.1. The Morgan fingerprint density at radius 3 is 3.00 bits per heavy atom. The summed E-state index contributed by atoms with van der Waals surface area (Å²) in [5, 5.41) is 3.30. The van der Waals surface area contributed by atoms with E-state index in [0.717, 1.165) is 43.7 Å². The van der Waals surface area contributed by atoms with E-state index in [1.165, 1.54) is 0 Å². The summed E-state index contributed by atoms with van der Waals surface area (Å²) in [6, 6.07) is 7.74. The van der Waals surface area contributed by atoms with Gasteiger partial charge in [-0.3, -0.25) is 4.79 Å². The molecule has 1 aromatic rings. The van der Waals surface area contributed by atoms with E-state index in [4.69, 9.17) is 0 Å². The molecule has 1 amide bonds.